The van der Waals surface area contributed by atoms with Crippen molar-refractivity contribution in [2.24, 2.45) is 0 Å². The average Bonchev–Trinajstić information content (AvgIpc) is 2.97. The molecule has 2 aliphatic rings. The number of carbonyl (C=O) groups excluding carboxylic acids is 4. The summed E-state index contributed by atoms with van der Waals surface area (Å²) in [6.45, 7) is 3.23. The van der Waals surface area contributed by atoms with Crippen molar-refractivity contribution < 1.29 is 23.9 Å². The van der Waals surface area contributed by atoms with E-state index >= 15 is 0 Å². The molecule has 2 aromatic rings. The van der Waals surface area contributed by atoms with Gasteiger partial charge in [-0.25, -0.2) is 4.90 Å². The van der Waals surface area contributed by atoms with Crippen molar-refractivity contribution in [3.8, 4) is 5.75 Å². The van der Waals surface area contributed by atoms with Gasteiger partial charge in [-0.1, -0.05) is 43.4 Å². The number of hydrogen-bond donors (Lipinski definition) is 0. The van der Waals surface area contributed by atoms with Crippen LogP contribution in [0.2, 0.25) is 0 Å². The first-order chi connectivity index (χ1) is 16.3. The molecule has 1 aliphatic carbocycles. The molecule has 34 heavy (non-hydrogen) atoms. The van der Waals surface area contributed by atoms with Crippen LogP contribution in [0.5, 0.6) is 5.75 Å². The van der Waals surface area contributed by atoms with Gasteiger partial charge in [0.15, 0.2) is 0 Å². The van der Waals surface area contributed by atoms with Crippen LogP contribution in [0, 0.1) is 6.92 Å². The SMILES string of the molecule is CC(=O)Oc1ccc(N2C(=O)CC(N(C(=O)c3cccc(C)c3)C3CCCCCC3)C2=O)cc1. The molecular weight excluding hydrogens is 432 g/mol. The van der Waals surface area contributed by atoms with Gasteiger partial charge in [0.05, 0.1) is 12.1 Å². The summed E-state index contributed by atoms with van der Waals surface area (Å²) >= 11 is 0. The number of amides is 3. The summed E-state index contributed by atoms with van der Waals surface area (Å²) in [5.41, 5.74) is 1.90. The van der Waals surface area contributed by atoms with Crippen molar-refractivity contribution in [2.75, 3.05) is 4.90 Å². The highest BCUT2D eigenvalue weighted by molar-refractivity contribution is 6.23. The van der Waals surface area contributed by atoms with Gasteiger partial charge in [0.2, 0.25) is 5.91 Å². The maximum absolute atomic E-state index is 13.7. The number of aryl methyl sites for hydroxylation is 1. The van der Waals surface area contributed by atoms with E-state index in [1.807, 2.05) is 25.1 Å². The Bertz CT molecular complexity index is 1090. The van der Waals surface area contributed by atoms with Crippen LogP contribution in [0.3, 0.4) is 0 Å². The quantitative estimate of drug-likeness (QED) is 0.284. The lowest BCUT2D eigenvalue weighted by atomic mass is 10.0. The Labute approximate surface area is 199 Å². The molecule has 1 aliphatic heterocycles. The first-order valence-corrected chi connectivity index (χ1v) is 11.9. The zero-order valence-electron chi connectivity index (χ0n) is 19.7. The van der Waals surface area contributed by atoms with Crippen molar-refractivity contribution in [1.82, 2.24) is 4.90 Å². The molecule has 7 nitrogen and oxygen atoms in total. The topological polar surface area (TPSA) is 84.0 Å². The van der Waals surface area contributed by atoms with Crippen LogP contribution in [0.25, 0.3) is 0 Å². The van der Waals surface area contributed by atoms with E-state index in [1.165, 1.54) is 6.92 Å². The normalized spacial score (nSPS) is 19.1. The first kappa shape index (κ1) is 23.7. The van der Waals surface area contributed by atoms with Crippen molar-refractivity contribution in [3.63, 3.8) is 0 Å². The summed E-state index contributed by atoms with van der Waals surface area (Å²) in [5, 5.41) is 0. The molecule has 4 rings (SSSR count). The van der Waals surface area contributed by atoms with Gasteiger partial charge in [0.1, 0.15) is 11.8 Å². The van der Waals surface area contributed by atoms with E-state index in [4.69, 9.17) is 4.74 Å². The van der Waals surface area contributed by atoms with Crippen LogP contribution in [0.1, 0.15) is 67.8 Å². The van der Waals surface area contributed by atoms with E-state index in [2.05, 4.69) is 0 Å². The highest BCUT2D eigenvalue weighted by atomic mass is 16.5. The molecule has 3 amide bonds. The standard InChI is InChI=1S/C27H30N2O5/c1-18-8-7-9-20(16-18)26(32)28(21-10-5-3-4-6-11-21)24-17-25(31)29(27(24)33)22-12-14-23(15-13-22)34-19(2)30/h7-9,12-16,21,24H,3-6,10-11,17H2,1-2H3. The monoisotopic (exact) mass is 462 g/mol. The second-order valence-corrected chi connectivity index (χ2v) is 9.10. The maximum Gasteiger partial charge on any atom is 0.308 e. The number of hydrogen-bond acceptors (Lipinski definition) is 5. The van der Waals surface area contributed by atoms with Gasteiger partial charge >= 0.3 is 5.97 Å². The number of ether oxygens (including phenoxy) is 1. The van der Waals surface area contributed by atoms with Crippen LogP contribution < -0.4 is 9.64 Å². The Morgan fingerprint density at radius 3 is 2.26 bits per heavy atom. The van der Waals surface area contributed by atoms with Crippen molar-refractivity contribution in [1.29, 1.82) is 0 Å². The molecule has 0 N–H and O–H groups in total. The van der Waals surface area contributed by atoms with Crippen LogP contribution in [0.15, 0.2) is 48.5 Å². The molecule has 1 heterocycles. The predicted molar refractivity (Wildman–Crippen MR) is 127 cm³/mol. The van der Waals surface area contributed by atoms with E-state index in [1.54, 1.807) is 35.2 Å². The molecule has 1 unspecified atom stereocenters. The molecule has 2 fully saturated rings. The molecule has 0 aromatic heterocycles. The third-order valence-electron chi connectivity index (χ3n) is 6.53. The molecule has 178 valence electrons. The molecule has 0 radical (unpaired) electrons. The second-order valence-electron chi connectivity index (χ2n) is 9.10. The Kier molecular flexibility index (Phi) is 7.10. The van der Waals surface area contributed by atoms with E-state index in [0.717, 1.165) is 49.0 Å². The molecule has 7 heteroatoms. The zero-order chi connectivity index (χ0) is 24.2. The minimum atomic E-state index is -0.836. The van der Waals surface area contributed by atoms with Gasteiger partial charge in [-0.15, -0.1) is 0 Å². The minimum absolute atomic E-state index is 0.0431. The molecule has 0 bridgehead atoms. The van der Waals surface area contributed by atoms with E-state index in [0.29, 0.717) is 17.0 Å². The minimum Gasteiger partial charge on any atom is -0.427 e. The molecule has 1 atom stereocenters. The van der Waals surface area contributed by atoms with Gasteiger partial charge < -0.3 is 9.64 Å². The number of carbonyl (C=O) groups is 4. The number of anilines is 1. The van der Waals surface area contributed by atoms with Crippen LogP contribution in [0.4, 0.5) is 5.69 Å². The Morgan fingerprint density at radius 2 is 1.65 bits per heavy atom. The van der Waals surface area contributed by atoms with Crippen LogP contribution in [-0.4, -0.2) is 40.7 Å². The third kappa shape index (κ3) is 5.03. The zero-order valence-corrected chi connectivity index (χ0v) is 19.7. The summed E-state index contributed by atoms with van der Waals surface area (Å²) in [6, 6.07) is 12.7. The number of nitrogens with zero attached hydrogens (tertiary/aromatic N) is 2. The molecular formula is C27H30N2O5. The van der Waals surface area contributed by atoms with E-state index in [-0.39, 0.29) is 24.3 Å². The fourth-order valence-corrected chi connectivity index (χ4v) is 4.96. The lowest BCUT2D eigenvalue weighted by molar-refractivity contribution is -0.132. The molecule has 1 saturated heterocycles. The first-order valence-electron chi connectivity index (χ1n) is 11.9. The molecule has 2 aromatic carbocycles. The summed E-state index contributed by atoms with van der Waals surface area (Å²) in [5.74, 6) is -1.05. The lowest BCUT2D eigenvalue weighted by Gasteiger charge is -2.35. The molecule has 1 saturated carbocycles. The fourth-order valence-electron chi connectivity index (χ4n) is 4.96. The molecule has 0 spiro atoms. The summed E-state index contributed by atoms with van der Waals surface area (Å²) in [7, 11) is 0. The second kappa shape index (κ2) is 10.2. The predicted octanol–water partition coefficient (Wildman–Crippen LogP) is 4.42. The summed E-state index contributed by atoms with van der Waals surface area (Å²) in [4.78, 5) is 54.3. The highest BCUT2D eigenvalue weighted by Crippen LogP contribution is 2.32. The highest BCUT2D eigenvalue weighted by Gasteiger charge is 2.46. The Morgan fingerprint density at radius 1 is 0.971 bits per heavy atom. The van der Waals surface area contributed by atoms with Gasteiger partial charge in [-0.3, -0.25) is 19.2 Å². The maximum atomic E-state index is 13.7. The van der Waals surface area contributed by atoms with Crippen LogP contribution >= 0.6 is 0 Å². The number of rotatable bonds is 5. The van der Waals surface area contributed by atoms with Gasteiger partial charge in [0, 0.05) is 18.5 Å². The largest absolute Gasteiger partial charge is 0.427 e. The number of benzene rings is 2. The van der Waals surface area contributed by atoms with Crippen LogP contribution in [-0.2, 0) is 14.4 Å². The van der Waals surface area contributed by atoms with E-state index in [9.17, 15) is 19.2 Å². The van der Waals surface area contributed by atoms with Crippen molar-refractivity contribution in [2.45, 2.75) is 70.9 Å². The van der Waals surface area contributed by atoms with Gasteiger partial charge in [-0.05, 0) is 56.2 Å². The van der Waals surface area contributed by atoms with Gasteiger partial charge in [0.25, 0.3) is 11.8 Å². The number of esters is 1. The van der Waals surface area contributed by atoms with Crippen molar-refractivity contribution >= 4 is 29.4 Å². The number of imide groups is 1. The van der Waals surface area contributed by atoms with E-state index < -0.39 is 17.9 Å². The summed E-state index contributed by atoms with van der Waals surface area (Å²) < 4.78 is 5.05. The van der Waals surface area contributed by atoms with Gasteiger partial charge in [-0.2, -0.15) is 0 Å². The fraction of sp³-hybridized carbons (Fsp3) is 0.407. The smallest absolute Gasteiger partial charge is 0.308 e. The Balaban J connectivity index is 1.64. The van der Waals surface area contributed by atoms with Crippen molar-refractivity contribution in [3.05, 3.63) is 59.7 Å². The Hall–Kier alpha value is -3.48. The lowest BCUT2D eigenvalue weighted by Crippen LogP contribution is -2.50. The third-order valence-corrected chi connectivity index (χ3v) is 6.53. The summed E-state index contributed by atoms with van der Waals surface area (Å²) in [6.07, 6.45) is 5.83. The average molecular weight is 463 g/mol.